The predicted octanol–water partition coefficient (Wildman–Crippen LogP) is 3.49. The van der Waals surface area contributed by atoms with Crippen molar-refractivity contribution in [1.29, 1.82) is 0 Å². The highest BCUT2D eigenvalue weighted by Gasteiger charge is 2.27. The molecule has 8 heteroatoms. The van der Waals surface area contributed by atoms with Crippen molar-refractivity contribution in [2.75, 3.05) is 24.6 Å². The molecular weight excluding hydrogens is 410 g/mol. The van der Waals surface area contributed by atoms with E-state index in [1.165, 1.54) is 17.7 Å². The Bertz CT molecular complexity index is 986. The zero-order valence-electron chi connectivity index (χ0n) is 17.9. The summed E-state index contributed by atoms with van der Waals surface area (Å²) in [5.41, 5.74) is 2.04. The van der Waals surface area contributed by atoms with Crippen molar-refractivity contribution < 1.29 is 19.2 Å². The summed E-state index contributed by atoms with van der Waals surface area (Å²) in [4.78, 5) is 37.1. The largest absolute Gasteiger partial charge is 0.460 e. The number of rotatable bonds is 7. The molecule has 0 radical (unpaired) electrons. The molecule has 2 fully saturated rings. The number of nitrogens with one attached hydrogen (secondary N) is 1. The van der Waals surface area contributed by atoms with E-state index in [4.69, 9.17) is 4.74 Å². The molecule has 32 heavy (non-hydrogen) atoms. The van der Waals surface area contributed by atoms with Gasteiger partial charge in [-0.15, -0.1) is 0 Å². The second kappa shape index (κ2) is 9.80. The van der Waals surface area contributed by atoms with Crippen LogP contribution in [0.15, 0.2) is 48.5 Å². The summed E-state index contributed by atoms with van der Waals surface area (Å²) in [6, 6.07) is 14.6. The fourth-order valence-corrected chi connectivity index (χ4v) is 4.46. The molecule has 0 aromatic heterocycles. The molecule has 0 saturated carbocycles. The lowest BCUT2D eigenvalue weighted by atomic mass is 9.90. The van der Waals surface area contributed by atoms with Crippen molar-refractivity contribution >= 4 is 23.3 Å². The molecule has 2 aliphatic heterocycles. The number of anilines is 1. The highest BCUT2D eigenvalue weighted by molar-refractivity contribution is 5.96. The lowest BCUT2D eigenvalue weighted by Crippen LogP contribution is -2.35. The molecule has 8 nitrogen and oxygen atoms in total. The maximum Gasteiger partial charge on any atom is 0.340 e. The number of benzene rings is 2. The molecule has 0 spiro atoms. The number of carbonyl (C=O) groups excluding carboxylic acids is 2. The van der Waals surface area contributed by atoms with Gasteiger partial charge in [-0.3, -0.25) is 14.9 Å². The second-order valence-electron chi connectivity index (χ2n) is 8.48. The number of non-ortho nitro benzene ring substituents is 1. The lowest BCUT2D eigenvalue weighted by molar-refractivity contribution is -0.384. The first-order valence-corrected chi connectivity index (χ1v) is 11.0. The summed E-state index contributed by atoms with van der Waals surface area (Å²) in [6.45, 7) is 1.61. The van der Waals surface area contributed by atoms with E-state index < -0.39 is 10.9 Å². The molecule has 1 N–H and O–H groups in total. The number of amides is 1. The fourth-order valence-electron chi connectivity index (χ4n) is 4.46. The molecule has 1 amide bonds. The van der Waals surface area contributed by atoms with Crippen molar-refractivity contribution in [1.82, 2.24) is 5.32 Å². The van der Waals surface area contributed by atoms with E-state index in [0.717, 1.165) is 32.4 Å². The minimum atomic E-state index is -0.601. The first kappa shape index (κ1) is 21.8. The SMILES string of the molecule is O=C1CC[C@@H](COC(=O)c2cc([N+](=O)[O-])ccc2N2CCC(Cc3ccccc3)CC2)N1. The standard InChI is InChI=1S/C24H27N3O5/c28-23-9-6-19(25-23)16-32-24(29)21-15-20(27(30)31)7-8-22(21)26-12-10-18(11-13-26)14-17-4-2-1-3-5-17/h1-5,7-8,15,18-19H,6,9-14,16H2,(H,25,28)/t19-/m0/s1. The van der Waals surface area contributed by atoms with Gasteiger partial charge < -0.3 is 15.0 Å². The van der Waals surface area contributed by atoms with Gasteiger partial charge in [-0.05, 0) is 43.2 Å². The Morgan fingerprint density at radius 1 is 1.12 bits per heavy atom. The molecule has 168 valence electrons. The molecule has 2 aromatic carbocycles. The van der Waals surface area contributed by atoms with Crippen LogP contribution in [-0.4, -0.2) is 42.5 Å². The maximum atomic E-state index is 12.8. The summed E-state index contributed by atoms with van der Waals surface area (Å²) in [5, 5.41) is 14.0. The molecule has 2 aromatic rings. The second-order valence-corrected chi connectivity index (χ2v) is 8.48. The highest BCUT2D eigenvalue weighted by atomic mass is 16.6. The number of nitrogens with zero attached hydrogens (tertiary/aromatic N) is 2. The molecule has 2 saturated heterocycles. The molecule has 4 rings (SSSR count). The summed E-state index contributed by atoms with van der Waals surface area (Å²) in [6.07, 6.45) is 4.02. The number of ether oxygens (including phenoxy) is 1. The van der Waals surface area contributed by atoms with Crippen LogP contribution in [0, 0.1) is 16.0 Å². The van der Waals surface area contributed by atoms with Crippen LogP contribution in [0.4, 0.5) is 11.4 Å². The topological polar surface area (TPSA) is 102 Å². The minimum absolute atomic E-state index is 0.0551. The number of esters is 1. The van der Waals surface area contributed by atoms with Gasteiger partial charge in [0.05, 0.1) is 22.2 Å². The van der Waals surface area contributed by atoms with Gasteiger partial charge in [0.15, 0.2) is 0 Å². The molecule has 2 aliphatic rings. The van der Waals surface area contributed by atoms with Gasteiger partial charge in [0.2, 0.25) is 5.91 Å². The van der Waals surface area contributed by atoms with Crippen LogP contribution >= 0.6 is 0 Å². The normalized spacial score (nSPS) is 18.9. The third-order valence-corrected chi connectivity index (χ3v) is 6.23. The van der Waals surface area contributed by atoms with Crippen molar-refractivity contribution in [2.45, 2.75) is 38.1 Å². The fraction of sp³-hybridized carbons (Fsp3) is 0.417. The Hall–Kier alpha value is -3.42. The lowest BCUT2D eigenvalue weighted by Gasteiger charge is -2.34. The number of piperidine rings is 1. The third-order valence-electron chi connectivity index (χ3n) is 6.23. The molecule has 0 aliphatic carbocycles. The van der Waals surface area contributed by atoms with E-state index in [9.17, 15) is 19.7 Å². The van der Waals surface area contributed by atoms with E-state index in [1.54, 1.807) is 6.07 Å². The monoisotopic (exact) mass is 437 g/mol. The van der Waals surface area contributed by atoms with Gasteiger partial charge in [-0.25, -0.2) is 4.79 Å². The summed E-state index contributed by atoms with van der Waals surface area (Å²) in [7, 11) is 0. The number of hydrogen-bond acceptors (Lipinski definition) is 6. The van der Waals surface area contributed by atoms with Crippen LogP contribution in [0.3, 0.4) is 0 Å². The Balaban J connectivity index is 1.44. The van der Waals surface area contributed by atoms with E-state index >= 15 is 0 Å². The van der Waals surface area contributed by atoms with E-state index in [2.05, 4.69) is 34.5 Å². The third kappa shape index (κ3) is 5.25. The number of hydrogen-bond donors (Lipinski definition) is 1. The van der Waals surface area contributed by atoms with Crippen LogP contribution in [-0.2, 0) is 16.0 Å². The first-order valence-electron chi connectivity index (χ1n) is 11.0. The van der Waals surface area contributed by atoms with Crippen LogP contribution < -0.4 is 10.2 Å². The zero-order valence-corrected chi connectivity index (χ0v) is 17.9. The quantitative estimate of drug-likeness (QED) is 0.404. The maximum absolute atomic E-state index is 12.8. The Kier molecular flexibility index (Phi) is 6.68. The minimum Gasteiger partial charge on any atom is -0.460 e. The highest BCUT2D eigenvalue weighted by Crippen LogP contribution is 2.31. The van der Waals surface area contributed by atoms with Crippen molar-refractivity contribution in [2.24, 2.45) is 5.92 Å². The van der Waals surface area contributed by atoms with Gasteiger partial charge in [0, 0.05) is 31.6 Å². The average Bonchev–Trinajstić information content (AvgIpc) is 3.23. The molecule has 2 heterocycles. The predicted molar refractivity (Wildman–Crippen MR) is 120 cm³/mol. The Morgan fingerprint density at radius 3 is 2.53 bits per heavy atom. The molecule has 1 atom stereocenters. The van der Waals surface area contributed by atoms with Crippen molar-refractivity contribution in [3.05, 3.63) is 69.8 Å². The van der Waals surface area contributed by atoms with Crippen LogP contribution in [0.2, 0.25) is 0 Å². The van der Waals surface area contributed by atoms with Crippen LogP contribution in [0.1, 0.15) is 41.6 Å². The summed E-state index contributed by atoms with van der Waals surface area (Å²) >= 11 is 0. The number of nitro benzene ring substituents is 1. The molecular formula is C24H27N3O5. The van der Waals surface area contributed by atoms with Crippen LogP contribution in [0.5, 0.6) is 0 Å². The van der Waals surface area contributed by atoms with Gasteiger partial charge in [-0.1, -0.05) is 30.3 Å². The van der Waals surface area contributed by atoms with Gasteiger partial charge in [0.1, 0.15) is 6.61 Å². The van der Waals surface area contributed by atoms with E-state index in [-0.39, 0.29) is 29.8 Å². The Morgan fingerprint density at radius 2 is 1.88 bits per heavy atom. The molecule has 0 bridgehead atoms. The van der Waals surface area contributed by atoms with E-state index in [1.807, 2.05) is 6.07 Å². The molecule has 0 unspecified atom stereocenters. The van der Waals surface area contributed by atoms with Gasteiger partial charge >= 0.3 is 5.97 Å². The average molecular weight is 437 g/mol. The van der Waals surface area contributed by atoms with Crippen LogP contribution in [0.25, 0.3) is 0 Å². The summed E-state index contributed by atoms with van der Waals surface area (Å²) < 4.78 is 5.42. The smallest absolute Gasteiger partial charge is 0.340 e. The number of nitro groups is 1. The van der Waals surface area contributed by atoms with Crippen molar-refractivity contribution in [3.63, 3.8) is 0 Å². The Labute approximate surface area is 186 Å². The number of carbonyl (C=O) groups is 2. The zero-order chi connectivity index (χ0) is 22.5. The van der Waals surface area contributed by atoms with Crippen molar-refractivity contribution in [3.8, 4) is 0 Å². The summed E-state index contributed by atoms with van der Waals surface area (Å²) in [5.74, 6) is -0.0928. The van der Waals surface area contributed by atoms with E-state index in [0.29, 0.717) is 24.4 Å². The first-order chi connectivity index (χ1) is 15.5. The van der Waals surface area contributed by atoms with Gasteiger partial charge in [0.25, 0.3) is 5.69 Å². The van der Waals surface area contributed by atoms with Gasteiger partial charge in [-0.2, -0.15) is 0 Å².